The molecular weight excluding hydrogens is 354 g/mol. The Labute approximate surface area is 156 Å². The summed E-state index contributed by atoms with van der Waals surface area (Å²) in [6.07, 6.45) is 0.473. The second-order valence-electron chi connectivity index (χ2n) is 6.35. The predicted molar refractivity (Wildman–Crippen MR) is 102 cm³/mol. The van der Waals surface area contributed by atoms with Crippen LogP contribution in [-0.4, -0.2) is 55.7 Å². The van der Waals surface area contributed by atoms with Crippen LogP contribution in [0.2, 0.25) is 0 Å². The Morgan fingerprint density at radius 1 is 1.12 bits per heavy atom. The van der Waals surface area contributed by atoms with E-state index in [1.54, 1.807) is 12.1 Å². The van der Waals surface area contributed by atoms with Gasteiger partial charge < -0.3 is 10.2 Å². The van der Waals surface area contributed by atoms with E-state index in [0.29, 0.717) is 29.5 Å². The van der Waals surface area contributed by atoms with Crippen molar-refractivity contribution < 1.29 is 14.4 Å². The number of benzene rings is 2. The highest BCUT2D eigenvalue weighted by molar-refractivity contribution is 6.27. The van der Waals surface area contributed by atoms with Crippen molar-refractivity contribution in [3.63, 3.8) is 0 Å². The molecule has 0 saturated heterocycles. The maximum atomic E-state index is 12.9. The third-order valence-electron chi connectivity index (χ3n) is 4.45. The van der Waals surface area contributed by atoms with Crippen molar-refractivity contribution in [3.05, 3.63) is 41.5 Å². The monoisotopic (exact) mass is 373 g/mol. The summed E-state index contributed by atoms with van der Waals surface area (Å²) in [5.41, 5.74) is 2.03. The van der Waals surface area contributed by atoms with Crippen LogP contribution in [0, 0.1) is 0 Å². The van der Waals surface area contributed by atoms with E-state index in [1.807, 2.05) is 37.2 Å². The first kappa shape index (κ1) is 18.2. The van der Waals surface area contributed by atoms with Gasteiger partial charge in [0.1, 0.15) is 5.88 Å². The van der Waals surface area contributed by atoms with Crippen LogP contribution in [-0.2, 0) is 4.79 Å². The fourth-order valence-electron chi connectivity index (χ4n) is 3.24. The van der Waals surface area contributed by atoms with Crippen molar-refractivity contribution in [1.82, 2.24) is 10.2 Å². The van der Waals surface area contributed by atoms with Gasteiger partial charge in [-0.3, -0.25) is 19.3 Å². The molecule has 0 aliphatic carbocycles. The molecule has 0 radical (unpaired) electrons. The molecule has 7 heteroatoms. The number of carbonyl (C=O) groups excluding carboxylic acids is 3. The van der Waals surface area contributed by atoms with Crippen molar-refractivity contribution in [2.24, 2.45) is 0 Å². The van der Waals surface area contributed by atoms with Crippen LogP contribution in [0.3, 0.4) is 0 Å². The molecular formula is C19H20ClN3O3. The third-order valence-corrected chi connectivity index (χ3v) is 4.70. The lowest BCUT2D eigenvalue weighted by Crippen LogP contribution is -2.42. The van der Waals surface area contributed by atoms with Crippen molar-refractivity contribution in [2.45, 2.75) is 6.42 Å². The fraction of sp³-hybridized carbons (Fsp3) is 0.316. The predicted octanol–water partition coefficient (Wildman–Crippen LogP) is 2.25. The molecule has 2 aromatic carbocycles. The molecule has 0 aromatic heterocycles. The summed E-state index contributed by atoms with van der Waals surface area (Å²) in [7, 11) is 3.86. The smallest absolute Gasteiger partial charge is 0.261 e. The van der Waals surface area contributed by atoms with Crippen LogP contribution in [0.4, 0.5) is 5.69 Å². The van der Waals surface area contributed by atoms with Gasteiger partial charge in [0.05, 0.1) is 0 Å². The van der Waals surface area contributed by atoms with E-state index in [0.717, 1.165) is 11.1 Å². The Balaban J connectivity index is 1.90. The number of hydrogen-bond donors (Lipinski definition) is 1. The molecule has 1 N–H and O–H groups in total. The molecule has 0 atom stereocenters. The Hall–Kier alpha value is -2.60. The number of hydrogen-bond acceptors (Lipinski definition) is 4. The Bertz CT molecular complexity index is 873. The molecule has 26 heavy (non-hydrogen) atoms. The van der Waals surface area contributed by atoms with Gasteiger partial charge >= 0.3 is 0 Å². The van der Waals surface area contributed by atoms with E-state index >= 15 is 0 Å². The molecule has 136 valence electrons. The summed E-state index contributed by atoms with van der Waals surface area (Å²) in [6.45, 7) is 0.602. The van der Waals surface area contributed by atoms with Gasteiger partial charge in [-0.25, -0.2) is 0 Å². The molecule has 3 amide bonds. The van der Waals surface area contributed by atoms with Gasteiger partial charge in [-0.15, -0.1) is 11.6 Å². The molecule has 0 unspecified atom stereocenters. The third kappa shape index (κ3) is 3.12. The number of amides is 3. The van der Waals surface area contributed by atoms with Gasteiger partial charge in [-0.1, -0.05) is 12.1 Å². The van der Waals surface area contributed by atoms with Crippen molar-refractivity contribution in [2.75, 3.05) is 38.0 Å². The number of alkyl halides is 1. The number of nitrogens with zero attached hydrogens (tertiary/aromatic N) is 2. The maximum absolute atomic E-state index is 12.9. The first-order chi connectivity index (χ1) is 12.5. The quantitative estimate of drug-likeness (QED) is 0.479. The minimum absolute atomic E-state index is 0.106. The zero-order valence-electron chi connectivity index (χ0n) is 14.7. The number of halogens is 1. The van der Waals surface area contributed by atoms with Crippen LogP contribution < -0.4 is 10.2 Å². The van der Waals surface area contributed by atoms with Gasteiger partial charge in [0.2, 0.25) is 5.91 Å². The summed E-state index contributed by atoms with van der Waals surface area (Å²) in [4.78, 5) is 40.1. The van der Waals surface area contributed by atoms with Crippen LogP contribution in [0.25, 0.3) is 10.8 Å². The lowest BCUT2D eigenvalue weighted by atomic mass is 9.92. The first-order valence-electron chi connectivity index (χ1n) is 8.37. The Morgan fingerprint density at radius 2 is 1.81 bits per heavy atom. The van der Waals surface area contributed by atoms with E-state index in [4.69, 9.17) is 11.6 Å². The summed E-state index contributed by atoms with van der Waals surface area (Å²) in [6, 6.07) is 9.19. The van der Waals surface area contributed by atoms with E-state index < -0.39 is 0 Å². The minimum Gasteiger partial charge on any atom is -0.377 e. The summed E-state index contributed by atoms with van der Waals surface area (Å²) in [5, 5.41) is 4.23. The Morgan fingerprint density at radius 3 is 2.46 bits per heavy atom. The number of anilines is 1. The molecule has 1 aliphatic heterocycles. The largest absolute Gasteiger partial charge is 0.377 e. The fourth-order valence-corrected chi connectivity index (χ4v) is 3.33. The van der Waals surface area contributed by atoms with Crippen molar-refractivity contribution >= 4 is 45.8 Å². The van der Waals surface area contributed by atoms with Gasteiger partial charge in [-0.05, 0) is 24.6 Å². The Kier molecular flexibility index (Phi) is 5.13. The van der Waals surface area contributed by atoms with Gasteiger partial charge in [0.25, 0.3) is 11.8 Å². The normalized spacial score (nSPS) is 13.3. The molecule has 1 aliphatic rings. The molecule has 0 fully saturated rings. The van der Waals surface area contributed by atoms with E-state index in [1.165, 1.54) is 4.90 Å². The maximum Gasteiger partial charge on any atom is 0.261 e. The number of carbonyl (C=O) groups is 3. The number of nitrogens with one attached hydrogen (secondary N) is 1. The summed E-state index contributed by atoms with van der Waals surface area (Å²) < 4.78 is 0. The minimum atomic E-state index is -0.298. The second kappa shape index (κ2) is 7.33. The molecule has 0 saturated carbocycles. The lowest BCUT2D eigenvalue weighted by Gasteiger charge is -2.28. The first-order valence-corrected chi connectivity index (χ1v) is 8.91. The van der Waals surface area contributed by atoms with Crippen LogP contribution in [0.5, 0.6) is 0 Å². The number of rotatable bonds is 6. The second-order valence-corrected chi connectivity index (χ2v) is 6.62. The molecule has 6 nitrogen and oxygen atoms in total. The average Bonchev–Trinajstić information content (AvgIpc) is 2.64. The highest BCUT2D eigenvalue weighted by atomic mass is 35.5. The van der Waals surface area contributed by atoms with E-state index in [-0.39, 0.29) is 30.1 Å². The van der Waals surface area contributed by atoms with Gasteiger partial charge in [0.15, 0.2) is 0 Å². The number of imide groups is 1. The van der Waals surface area contributed by atoms with E-state index in [9.17, 15) is 14.4 Å². The van der Waals surface area contributed by atoms with E-state index in [2.05, 4.69) is 5.32 Å². The van der Waals surface area contributed by atoms with Crippen molar-refractivity contribution in [3.8, 4) is 0 Å². The topological polar surface area (TPSA) is 69.7 Å². The zero-order chi connectivity index (χ0) is 18.8. The SMILES string of the molecule is CN(C)c1ccc2c3c(cccc13)C(=O)N(CCCNC(=O)CCl)C2=O. The lowest BCUT2D eigenvalue weighted by molar-refractivity contribution is -0.118. The van der Waals surface area contributed by atoms with Crippen LogP contribution in [0.15, 0.2) is 30.3 Å². The van der Waals surface area contributed by atoms with Gasteiger partial charge in [0, 0.05) is 54.8 Å². The highest BCUT2D eigenvalue weighted by Gasteiger charge is 2.32. The van der Waals surface area contributed by atoms with Crippen LogP contribution in [0.1, 0.15) is 27.1 Å². The molecule has 1 heterocycles. The highest BCUT2D eigenvalue weighted by Crippen LogP contribution is 2.35. The van der Waals surface area contributed by atoms with Crippen LogP contribution >= 0.6 is 11.6 Å². The summed E-state index contributed by atoms with van der Waals surface area (Å²) >= 11 is 5.43. The summed E-state index contributed by atoms with van der Waals surface area (Å²) in [5.74, 6) is -0.972. The molecule has 3 rings (SSSR count). The van der Waals surface area contributed by atoms with Gasteiger partial charge in [-0.2, -0.15) is 0 Å². The standard InChI is InChI=1S/C19H20ClN3O3/c1-22(2)15-8-7-14-17-12(15)5-3-6-13(17)18(25)23(19(14)26)10-4-9-21-16(24)11-20/h3,5-8H,4,9-11H2,1-2H3,(H,21,24). The molecule has 0 bridgehead atoms. The molecule has 2 aromatic rings. The van der Waals surface area contributed by atoms with Crippen molar-refractivity contribution in [1.29, 1.82) is 0 Å². The average molecular weight is 374 g/mol. The molecule has 0 spiro atoms. The zero-order valence-corrected chi connectivity index (χ0v) is 15.5.